The molecular formula is C14H15IN2O2. The average molecular weight is 370 g/mol. The number of amides is 1. The van der Waals surface area contributed by atoms with E-state index in [0.29, 0.717) is 12.2 Å². The van der Waals surface area contributed by atoms with Crippen molar-refractivity contribution < 1.29 is 9.63 Å². The number of rotatable bonds is 4. The summed E-state index contributed by atoms with van der Waals surface area (Å²) in [5.41, 5.74) is 1.80. The van der Waals surface area contributed by atoms with Gasteiger partial charge in [-0.1, -0.05) is 18.2 Å². The van der Waals surface area contributed by atoms with E-state index in [4.69, 9.17) is 4.84 Å². The Bertz CT molecular complexity index is 580. The molecule has 2 rings (SSSR count). The van der Waals surface area contributed by atoms with Crippen LogP contribution in [0.15, 0.2) is 42.6 Å². The van der Waals surface area contributed by atoms with Crippen molar-refractivity contribution in [2.75, 3.05) is 14.2 Å². The van der Waals surface area contributed by atoms with Crippen LogP contribution in [-0.4, -0.2) is 29.7 Å². The predicted molar refractivity (Wildman–Crippen MR) is 81.8 cm³/mol. The van der Waals surface area contributed by atoms with Gasteiger partial charge in [0.05, 0.1) is 7.11 Å². The molecule has 4 nitrogen and oxygen atoms in total. The highest BCUT2D eigenvalue weighted by Crippen LogP contribution is 2.15. The fourth-order valence-electron chi connectivity index (χ4n) is 1.80. The first-order valence-electron chi connectivity index (χ1n) is 5.84. The largest absolute Gasteiger partial charge is 0.339 e. The quantitative estimate of drug-likeness (QED) is 0.613. The molecule has 2 aromatic rings. The number of halogens is 1. The van der Waals surface area contributed by atoms with Crippen molar-refractivity contribution in [2.24, 2.45) is 0 Å². The van der Waals surface area contributed by atoms with Crippen molar-refractivity contribution in [3.8, 4) is 0 Å². The van der Waals surface area contributed by atoms with Crippen LogP contribution < -0.4 is 0 Å². The Morgan fingerprint density at radius 2 is 2.05 bits per heavy atom. The third-order valence-electron chi connectivity index (χ3n) is 2.91. The van der Waals surface area contributed by atoms with Crippen molar-refractivity contribution in [3.63, 3.8) is 0 Å². The summed E-state index contributed by atoms with van der Waals surface area (Å²) in [5, 5.41) is 1.22. The highest BCUT2D eigenvalue weighted by Gasteiger charge is 2.15. The number of hydrogen-bond acceptors (Lipinski definition) is 2. The van der Waals surface area contributed by atoms with Crippen molar-refractivity contribution >= 4 is 28.5 Å². The zero-order valence-electron chi connectivity index (χ0n) is 10.8. The van der Waals surface area contributed by atoms with Crippen LogP contribution in [0.2, 0.25) is 0 Å². The van der Waals surface area contributed by atoms with Gasteiger partial charge in [0.25, 0.3) is 5.91 Å². The fraction of sp³-hybridized carbons (Fsp3) is 0.214. The molecule has 0 aliphatic heterocycles. The lowest BCUT2D eigenvalue weighted by Crippen LogP contribution is -2.27. The third kappa shape index (κ3) is 3.16. The monoisotopic (exact) mass is 370 g/mol. The van der Waals surface area contributed by atoms with Crippen LogP contribution in [0.4, 0.5) is 0 Å². The summed E-state index contributed by atoms with van der Waals surface area (Å²) in [6, 6.07) is 11.8. The van der Waals surface area contributed by atoms with E-state index < -0.39 is 0 Å². The smallest absolute Gasteiger partial charge is 0.293 e. The van der Waals surface area contributed by atoms with Crippen LogP contribution >= 0.6 is 22.6 Å². The molecule has 1 aromatic carbocycles. The molecular weight excluding hydrogens is 355 g/mol. The Kier molecular flexibility index (Phi) is 4.60. The first-order valence-corrected chi connectivity index (χ1v) is 6.92. The summed E-state index contributed by atoms with van der Waals surface area (Å²) in [6.07, 6.45) is 1.90. The Balaban J connectivity index is 2.26. The molecule has 0 N–H and O–H groups in total. The minimum absolute atomic E-state index is 0.154. The van der Waals surface area contributed by atoms with E-state index in [9.17, 15) is 4.79 Å². The number of nitrogens with zero attached hydrogens (tertiary/aromatic N) is 2. The topological polar surface area (TPSA) is 34.5 Å². The van der Waals surface area contributed by atoms with E-state index in [1.807, 2.05) is 29.0 Å². The summed E-state index contributed by atoms with van der Waals surface area (Å²) in [6.45, 7) is 0.671. The molecule has 0 saturated carbocycles. The van der Waals surface area contributed by atoms with Gasteiger partial charge in [0, 0.05) is 23.4 Å². The molecule has 0 bridgehead atoms. The molecule has 0 spiro atoms. The molecule has 100 valence electrons. The highest BCUT2D eigenvalue weighted by molar-refractivity contribution is 14.1. The second kappa shape index (κ2) is 6.21. The fourth-order valence-corrected chi connectivity index (χ4v) is 2.36. The van der Waals surface area contributed by atoms with Crippen LogP contribution in [-0.2, 0) is 11.4 Å². The molecule has 0 fully saturated rings. The van der Waals surface area contributed by atoms with E-state index in [2.05, 4.69) is 34.7 Å². The molecule has 0 atom stereocenters. The Labute approximate surface area is 126 Å². The minimum Gasteiger partial charge on any atom is -0.339 e. The maximum Gasteiger partial charge on any atom is 0.293 e. The molecule has 0 radical (unpaired) electrons. The SMILES string of the molecule is CON(C)C(=O)c1cccn1Cc1ccccc1I. The Hall–Kier alpha value is -1.34. The lowest BCUT2D eigenvalue weighted by molar-refractivity contribution is -0.0762. The molecule has 0 saturated heterocycles. The third-order valence-corrected chi connectivity index (χ3v) is 3.96. The van der Waals surface area contributed by atoms with E-state index in [0.717, 1.165) is 0 Å². The van der Waals surface area contributed by atoms with E-state index in [1.54, 1.807) is 13.1 Å². The second-order valence-corrected chi connectivity index (χ2v) is 5.26. The van der Waals surface area contributed by atoms with Crippen molar-refractivity contribution in [1.29, 1.82) is 0 Å². The number of benzene rings is 1. The van der Waals surface area contributed by atoms with Crippen LogP contribution in [0.1, 0.15) is 16.1 Å². The average Bonchev–Trinajstić information content (AvgIpc) is 2.87. The van der Waals surface area contributed by atoms with Gasteiger partial charge in [-0.15, -0.1) is 0 Å². The van der Waals surface area contributed by atoms with Crippen molar-refractivity contribution in [3.05, 3.63) is 57.4 Å². The maximum absolute atomic E-state index is 12.1. The Morgan fingerprint density at radius 3 is 2.74 bits per heavy atom. The minimum atomic E-state index is -0.154. The number of aromatic nitrogens is 1. The zero-order chi connectivity index (χ0) is 13.8. The Morgan fingerprint density at radius 1 is 1.32 bits per heavy atom. The summed E-state index contributed by atoms with van der Waals surface area (Å²) in [5.74, 6) is -0.154. The van der Waals surface area contributed by atoms with Crippen LogP contribution in [0.3, 0.4) is 0 Å². The predicted octanol–water partition coefficient (Wildman–Crippen LogP) is 2.77. The van der Waals surface area contributed by atoms with Gasteiger partial charge in [0.15, 0.2) is 0 Å². The number of hydrogen-bond donors (Lipinski definition) is 0. The van der Waals surface area contributed by atoms with E-state index in [-0.39, 0.29) is 5.91 Å². The molecule has 0 aliphatic rings. The molecule has 19 heavy (non-hydrogen) atoms. The van der Waals surface area contributed by atoms with Gasteiger partial charge in [-0.25, -0.2) is 5.06 Å². The summed E-state index contributed by atoms with van der Waals surface area (Å²) in [7, 11) is 3.08. The normalized spacial score (nSPS) is 10.5. The molecule has 0 unspecified atom stereocenters. The molecule has 1 amide bonds. The standard InChI is InChI=1S/C14H15IN2O2/c1-16(19-2)14(18)13-8-5-9-17(13)10-11-6-3-4-7-12(11)15/h3-9H,10H2,1-2H3. The second-order valence-electron chi connectivity index (χ2n) is 4.10. The van der Waals surface area contributed by atoms with Crippen LogP contribution in [0.5, 0.6) is 0 Å². The van der Waals surface area contributed by atoms with Gasteiger partial charge >= 0.3 is 0 Å². The molecule has 0 aliphatic carbocycles. The van der Waals surface area contributed by atoms with E-state index >= 15 is 0 Å². The van der Waals surface area contributed by atoms with Crippen LogP contribution in [0.25, 0.3) is 0 Å². The summed E-state index contributed by atoms with van der Waals surface area (Å²) < 4.78 is 3.11. The molecule has 5 heteroatoms. The molecule has 1 aromatic heterocycles. The number of carbonyl (C=O) groups excluding carboxylic acids is 1. The lowest BCUT2D eigenvalue weighted by Gasteiger charge is -2.16. The van der Waals surface area contributed by atoms with Gasteiger partial charge < -0.3 is 4.57 Å². The van der Waals surface area contributed by atoms with Crippen LogP contribution in [0, 0.1) is 3.57 Å². The van der Waals surface area contributed by atoms with Gasteiger partial charge in [-0.05, 0) is 46.4 Å². The van der Waals surface area contributed by atoms with Gasteiger partial charge in [-0.2, -0.15) is 0 Å². The van der Waals surface area contributed by atoms with E-state index in [1.165, 1.54) is 21.3 Å². The summed E-state index contributed by atoms with van der Waals surface area (Å²) >= 11 is 2.30. The maximum atomic E-state index is 12.1. The van der Waals surface area contributed by atoms with Gasteiger partial charge in [0.1, 0.15) is 5.69 Å². The zero-order valence-corrected chi connectivity index (χ0v) is 13.0. The van der Waals surface area contributed by atoms with Crippen molar-refractivity contribution in [1.82, 2.24) is 9.63 Å². The van der Waals surface area contributed by atoms with Gasteiger partial charge in [-0.3, -0.25) is 9.63 Å². The molecule has 1 heterocycles. The summed E-state index contributed by atoms with van der Waals surface area (Å²) in [4.78, 5) is 17.0. The number of hydroxylamine groups is 2. The first-order chi connectivity index (χ1) is 9.13. The lowest BCUT2D eigenvalue weighted by atomic mass is 10.2. The number of carbonyl (C=O) groups is 1. The van der Waals surface area contributed by atoms with Gasteiger partial charge in [0.2, 0.25) is 0 Å². The highest BCUT2D eigenvalue weighted by atomic mass is 127. The van der Waals surface area contributed by atoms with Crippen molar-refractivity contribution in [2.45, 2.75) is 6.54 Å². The first kappa shape index (κ1) is 14.1.